The number of carbonyl (C=O) groups is 1. The van der Waals surface area contributed by atoms with Gasteiger partial charge in [-0.05, 0) is 23.8 Å². The number of nitrogens with zero attached hydrogens (tertiary/aromatic N) is 1. The van der Waals surface area contributed by atoms with Crippen LogP contribution in [0, 0.1) is 10.1 Å². The molecule has 0 aliphatic carbocycles. The maximum Gasteiger partial charge on any atom is 0.319 e. The second-order valence-corrected chi connectivity index (χ2v) is 4.36. The summed E-state index contributed by atoms with van der Waals surface area (Å²) in [5.41, 5.74) is 7.41. The number of nitrogens with one attached hydrogen (secondary N) is 2. The topological polar surface area (TPSA) is 110 Å². The van der Waals surface area contributed by atoms with Crippen molar-refractivity contribution in [2.24, 2.45) is 0 Å². The number of nitro benzene ring substituents is 1. The normalized spacial score (nSPS) is 9.90. The number of nitrogens with two attached hydrogens (primary N) is 1. The number of hydrogen-bond donors (Lipinski definition) is 3. The molecule has 0 fully saturated rings. The number of urea groups is 1. The van der Waals surface area contributed by atoms with Gasteiger partial charge < -0.3 is 16.4 Å². The summed E-state index contributed by atoms with van der Waals surface area (Å²) in [6.07, 6.45) is 0. The van der Waals surface area contributed by atoms with Gasteiger partial charge in [0.25, 0.3) is 5.69 Å². The van der Waals surface area contributed by atoms with Gasteiger partial charge in [-0.2, -0.15) is 0 Å². The maximum atomic E-state index is 11.7. The maximum absolute atomic E-state index is 11.7. The van der Waals surface area contributed by atoms with Gasteiger partial charge in [-0.3, -0.25) is 10.1 Å². The molecule has 0 aromatic heterocycles. The smallest absolute Gasteiger partial charge is 0.319 e. The fraction of sp³-hybridized carbons (Fsp3) is 0.0714. The van der Waals surface area contributed by atoms with Gasteiger partial charge in [0.1, 0.15) is 0 Å². The third-order valence-corrected chi connectivity index (χ3v) is 2.75. The molecule has 0 aliphatic heterocycles. The van der Waals surface area contributed by atoms with Crippen LogP contribution in [0.15, 0.2) is 48.5 Å². The van der Waals surface area contributed by atoms with E-state index in [0.29, 0.717) is 17.9 Å². The van der Waals surface area contributed by atoms with E-state index in [1.165, 1.54) is 18.2 Å². The van der Waals surface area contributed by atoms with Crippen molar-refractivity contribution in [3.8, 4) is 0 Å². The summed E-state index contributed by atoms with van der Waals surface area (Å²) in [4.78, 5) is 21.8. The molecule has 2 aromatic rings. The van der Waals surface area contributed by atoms with E-state index in [4.69, 9.17) is 5.73 Å². The lowest BCUT2D eigenvalue weighted by atomic mass is 10.2. The lowest BCUT2D eigenvalue weighted by Crippen LogP contribution is -2.28. The van der Waals surface area contributed by atoms with Crippen LogP contribution in [-0.4, -0.2) is 11.0 Å². The van der Waals surface area contributed by atoms with Crippen LogP contribution in [0.4, 0.5) is 21.9 Å². The van der Waals surface area contributed by atoms with Crippen LogP contribution < -0.4 is 16.4 Å². The Balaban J connectivity index is 1.91. The van der Waals surface area contributed by atoms with Crippen molar-refractivity contribution in [1.82, 2.24) is 5.32 Å². The molecule has 2 amide bonds. The first-order valence-corrected chi connectivity index (χ1v) is 6.18. The van der Waals surface area contributed by atoms with E-state index in [-0.39, 0.29) is 5.69 Å². The quantitative estimate of drug-likeness (QED) is 0.455. The number of amides is 2. The predicted molar refractivity (Wildman–Crippen MR) is 79.8 cm³/mol. The molecular weight excluding hydrogens is 272 g/mol. The van der Waals surface area contributed by atoms with Gasteiger partial charge in [0.15, 0.2) is 0 Å². The number of anilines is 2. The van der Waals surface area contributed by atoms with Gasteiger partial charge in [0.05, 0.1) is 4.92 Å². The Bertz CT molecular complexity index is 656. The Morgan fingerprint density at radius 3 is 2.57 bits per heavy atom. The first-order valence-electron chi connectivity index (χ1n) is 6.18. The summed E-state index contributed by atoms with van der Waals surface area (Å²) < 4.78 is 0. The average Bonchev–Trinajstić information content (AvgIpc) is 2.47. The van der Waals surface area contributed by atoms with E-state index in [1.807, 2.05) is 12.1 Å². The van der Waals surface area contributed by atoms with Gasteiger partial charge in [-0.25, -0.2) is 4.79 Å². The standard InChI is InChI=1S/C14H14N4O3/c15-11-6-4-10(5-7-11)9-16-14(19)17-12-2-1-3-13(8-12)18(20)21/h1-8H,9,15H2,(H2,16,17,19). The molecular formula is C14H14N4O3. The van der Waals surface area contributed by atoms with Crippen molar-refractivity contribution in [2.75, 3.05) is 11.1 Å². The van der Waals surface area contributed by atoms with E-state index >= 15 is 0 Å². The Hall–Kier alpha value is -3.09. The summed E-state index contributed by atoms with van der Waals surface area (Å²) in [6.45, 7) is 0.334. The van der Waals surface area contributed by atoms with Crippen LogP contribution in [0.2, 0.25) is 0 Å². The minimum atomic E-state index is -0.516. The third-order valence-electron chi connectivity index (χ3n) is 2.75. The number of carbonyl (C=O) groups excluding carboxylic acids is 1. The second kappa shape index (κ2) is 6.38. The highest BCUT2D eigenvalue weighted by Crippen LogP contribution is 2.16. The predicted octanol–water partition coefficient (Wildman–Crippen LogP) is 2.50. The summed E-state index contributed by atoms with van der Waals surface area (Å²) in [6, 6.07) is 12.4. The fourth-order valence-corrected chi connectivity index (χ4v) is 1.69. The van der Waals surface area contributed by atoms with E-state index < -0.39 is 11.0 Å². The zero-order valence-electron chi connectivity index (χ0n) is 11.1. The largest absolute Gasteiger partial charge is 0.399 e. The van der Waals surface area contributed by atoms with Gasteiger partial charge in [-0.1, -0.05) is 18.2 Å². The van der Waals surface area contributed by atoms with Crippen molar-refractivity contribution in [2.45, 2.75) is 6.54 Å². The minimum absolute atomic E-state index is 0.0775. The van der Waals surface area contributed by atoms with Crippen molar-refractivity contribution >= 4 is 23.1 Å². The van der Waals surface area contributed by atoms with Crippen LogP contribution in [0.1, 0.15) is 5.56 Å². The Morgan fingerprint density at radius 1 is 1.19 bits per heavy atom. The average molecular weight is 286 g/mol. The van der Waals surface area contributed by atoms with Gasteiger partial charge in [0, 0.05) is 30.1 Å². The van der Waals surface area contributed by atoms with Crippen molar-refractivity contribution < 1.29 is 9.72 Å². The Kier molecular flexibility index (Phi) is 4.35. The molecule has 7 heteroatoms. The van der Waals surface area contributed by atoms with Crippen molar-refractivity contribution in [3.05, 3.63) is 64.2 Å². The zero-order chi connectivity index (χ0) is 15.2. The molecule has 0 heterocycles. The van der Waals surface area contributed by atoms with E-state index in [0.717, 1.165) is 5.56 Å². The molecule has 0 radical (unpaired) electrons. The third kappa shape index (κ3) is 4.20. The van der Waals surface area contributed by atoms with Crippen molar-refractivity contribution in [3.63, 3.8) is 0 Å². The van der Waals surface area contributed by atoms with Crippen LogP contribution in [0.25, 0.3) is 0 Å². The molecule has 0 bridgehead atoms. The summed E-state index contributed by atoms with van der Waals surface area (Å²) in [5, 5.41) is 15.8. The van der Waals surface area contributed by atoms with Crippen LogP contribution >= 0.6 is 0 Å². The summed E-state index contributed by atoms with van der Waals surface area (Å²) >= 11 is 0. The van der Waals surface area contributed by atoms with Crippen LogP contribution in [-0.2, 0) is 6.54 Å². The number of nitro groups is 1. The first kappa shape index (κ1) is 14.3. The molecule has 0 aliphatic rings. The van der Waals surface area contributed by atoms with Gasteiger partial charge >= 0.3 is 6.03 Å². The SMILES string of the molecule is Nc1ccc(CNC(=O)Nc2cccc([N+](=O)[O-])c2)cc1. The number of benzene rings is 2. The molecule has 0 unspecified atom stereocenters. The molecule has 2 aromatic carbocycles. The fourth-order valence-electron chi connectivity index (χ4n) is 1.69. The van der Waals surface area contributed by atoms with E-state index in [2.05, 4.69) is 10.6 Å². The number of hydrogen-bond acceptors (Lipinski definition) is 4. The number of nitrogen functional groups attached to an aromatic ring is 1. The summed E-state index contributed by atoms with van der Waals surface area (Å²) in [7, 11) is 0. The van der Waals surface area contributed by atoms with Crippen LogP contribution in [0.3, 0.4) is 0 Å². The molecule has 0 saturated carbocycles. The van der Waals surface area contributed by atoms with E-state index in [1.54, 1.807) is 18.2 Å². The molecule has 0 atom stereocenters. The Morgan fingerprint density at radius 2 is 1.90 bits per heavy atom. The molecule has 7 nitrogen and oxygen atoms in total. The molecule has 2 rings (SSSR count). The Labute approximate surface area is 120 Å². The molecule has 0 saturated heterocycles. The first-order chi connectivity index (χ1) is 10.0. The lowest BCUT2D eigenvalue weighted by molar-refractivity contribution is -0.384. The molecule has 108 valence electrons. The van der Waals surface area contributed by atoms with E-state index in [9.17, 15) is 14.9 Å². The minimum Gasteiger partial charge on any atom is -0.399 e. The molecule has 0 spiro atoms. The van der Waals surface area contributed by atoms with Crippen molar-refractivity contribution in [1.29, 1.82) is 0 Å². The monoisotopic (exact) mass is 286 g/mol. The van der Waals surface area contributed by atoms with Crippen LogP contribution in [0.5, 0.6) is 0 Å². The molecule has 4 N–H and O–H groups in total. The van der Waals surface area contributed by atoms with Gasteiger partial charge in [-0.15, -0.1) is 0 Å². The summed E-state index contributed by atoms with van der Waals surface area (Å²) in [5.74, 6) is 0. The highest BCUT2D eigenvalue weighted by atomic mass is 16.6. The molecule has 21 heavy (non-hydrogen) atoms. The highest BCUT2D eigenvalue weighted by Gasteiger charge is 2.07. The lowest BCUT2D eigenvalue weighted by Gasteiger charge is -2.07. The second-order valence-electron chi connectivity index (χ2n) is 4.36. The zero-order valence-corrected chi connectivity index (χ0v) is 11.1. The number of non-ortho nitro benzene ring substituents is 1. The van der Waals surface area contributed by atoms with Gasteiger partial charge in [0.2, 0.25) is 0 Å². The number of rotatable bonds is 4. The highest BCUT2D eigenvalue weighted by molar-refractivity contribution is 5.89.